The van der Waals surface area contributed by atoms with Crippen molar-refractivity contribution in [3.63, 3.8) is 0 Å². The van der Waals surface area contributed by atoms with E-state index in [9.17, 15) is 0 Å². The molecule has 1 unspecified atom stereocenters. The van der Waals surface area contributed by atoms with Gasteiger partial charge in [-0.15, -0.1) is 0 Å². The normalized spacial score (nSPS) is 18.9. The molecule has 1 aliphatic heterocycles. The fraction of sp³-hybridized carbons (Fsp3) is 0.611. The van der Waals surface area contributed by atoms with Crippen LogP contribution in [0.1, 0.15) is 38.3 Å². The van der Waals surface area contributed by atoms with Gasteiger partial charge in [0.1, 0.15) is 0 Å². The van der Waals surface area contributed by atoms with E-state index in [1.165, 1.54) is 0 Å². The minimum Gasteiger partial charge on any atom is -0.381 e. The zero-order chi connectivity index (χ0) is 17.4. The van der Waals surface area contributed by atoms with Crippen LogP contribution in [-0.4, -0.2) is 43.3 Å². The SMILES string of the molecule is CCNC(=NCC1(SC)CCOCC1)NC(C)c1ccccc1Cl. The summed E-state index contributed by atoms with van der Waals surface area (Å²) in [4.78, 5) is 4.85. The summed E-state index contributed by atoms with van der Waals surface area (Å²) < 4.78 is 5.70. The molecular formula is C18H28ClN3OS. The van der Waals surface area contributed by atoms with E-state index in [2.05, 4.69) is 30.7 Å². The molecular weight excluding hydrogens is 342 g/mol. The fourth-order valence-corrected chi connectivity index (χ4v) is 3.89. The van der Waals surface area contributed by atoms with E-state index < -0.39 is 0 Å². The van der Waals surface area contributed by atoms with E-state index in [0.717, 1.165) is 55.7 Å². The molecule has 4 nitrogen and oxygen atoms in total. The van der Waals surface area contributed by atoms with Gasteiger partial charge in [-0.05, 0) is 44.6 Å². The predicted octanol–water partition coefficient (Wildman–Crippen LogP) is 3.87. The summed E-state index contributed by atoms with van der Waals surface area (Å²) in [6.45, 7) is 7.47. The number of rotatable bonds is 6. The number of thioether (sulfide) groups is 1. The summed E-state index contributed by atoms with van der Waals surface area (Å²) >= 11 is 8.21. The minimum atomic E-state index is 0.0939. The van der Waals surface area contributed by atoms with Crippen LogP contribution in [0.3, 0.4) is 0 Å². The number of hydrogen-bond acceptors (Lipinski definition) is 3. The number of halogens is 1. The second-order valence-corrected chi connectivity index (χ2v) is 7.76. The molecule has 24 heavy (non-hydrogen) atoms. The molecule has 0 amide bonds. The van der Waals surface area contributed by atoms with Crippen molar-refractivity contribution in [1.29, 1.82) is 0 Å². The molecule has 0 bridgehead atoms. The maximum Gasteiger partial charge on any atom is 0.191 e. The zero-order valence-corrected chi connectivity index (χ0v) is 16.3. The first-order valence-electron chi connectivity index (χ1n) is 8.52. The number of nitrogens with zero attached hydrogens (tertiary/aromatic N) is 1. The summed E-state index contributed by atoms with van der Waals surface area (Å²) in [6, 6.07) is 8.02. The highest BCUT2D eigenvalue weighted by Gasteiger charge is 2.31. The Balaban J connectivity index is 2.06. The third-order valence-corrected chi connectivity index (χ3v) is 6.18. The van der Waals surface area contributed by atoms with E-state index in [4.69, 9.17) is 21.3 Å². The molecule has 0 aromatic heterocycles. The summed E-state index contributed by atoms with van der Waals surface area (Å²) in [5.74, 6) is 0.838. The van der Waals surface area contributed by atoms with Crippen molar-refractivity contribution in [2.24, 2.45) is 4.99 Å². The summed E-state index contributed by atoms with van der Waals surface area (Å²) in [6.07, 6.45) is 4.28. The van der Waals surface area contributed by atoms with Gasteiger partial charge in [0.25, 0.3) is 0 Å². The van der Waals surface area contributed by atoms with Crippen molar-refractivity contribution in [2.45, 2.75) is 37.5 Å². The number of hydrogen-bond donors (Lipinski definition) is 2. The van der Waals surface area contributed by atoms with Crippen LogP contribution in [0.2, 0.25) is 5.02 Å². The van der Waals surface area contributed by atoms with Crippen LogP contribution < -0.4 is 10.6 Å². The average molecular weight is 370 g/mol. The van der Waals surface area contributed by atoms with Gasteiger partial charge in [0.2, 0.25) is 0 Å². The van der Waals surface area contributed by atoms with Gasteiger partial charge in [-0.25, -0.2) is 0 Å². The second kappa shape index (κ2) is 9.54. The molecule has 0 radical (unpaired) electrons. The molecule has 1 atom stereocenters. The van der Waals surface area contributed by atoms with Crippen molar-refractivity contribution in [2.75, 3.05) is 32.6 Å². The fourth-order valence-electron chi connectivity index (χ4n) is 2.82. The van der Waals surface area contributed by atoms with E-state index in [0.29, 0.717) is 0 Å². The summed E-state index contributed by atoms with van der Waals surface area (Å²) in [7, 11) is 0. The van der Waals surface area contributed by atoms with Crippen molar-refractivity contribution in [1.82, 2.24) is 10.6 Å². The Morgan fingerprint density at radius 3 is 2.71 bits per heavy atom. The molecule has 1 aromatic carbocycles. The van der Waals surface area contributed by atoms with Gasteiger partial charge >= 0.3 is 0 Å². The Morgan fingerprint density at radius 2 is 2.08 bits per heavy atom. The third kappa shape index (κ3) is 5.30. The van der Waals surface area contributed by atoms with Crippen LogP contribution in [-0.2, 0) is 4.74 Å². The highest BCUT2D eigenvalue weighted by Crippen LogP contribution is 2.34. The minimum absolute atomic E-state index is 0.0939. The quantitative estimate of drug-likeness (QED) is 0.590. The number of ether oxygens (including phenoxy) is 1. The van der Waals surface area contributed by atoms with Gasteiger partial charge in [-0.3, -0.25) is 4.99 Å². The van der Waals surface area contributed by atoms with Gasteiger partial charge in [0, 0.05) is 29.5 Å². The topological polar surface area (TPSA) is 45.7 Å². The maximum atomic E-state index is 6.31. The maximum absolute atomic E-state index is 6.31. The van der Waals surface area contributed by atoms with E-state index in [1.54, 1.807) is 0 Å². The van der Waals surface area contributed by atoms with Crippen LogP contribution in [0.5, 0.6) is 0 Å². The Labute approximate surface area is 154 Å². The molecule has 0 spiro atoms. The molecule has 1 fully saturated rings. The lowest BCUT2D eigenvalue weighted by Gasteiger charge is -2.34. The molecule has 1 aliphatic rings. The Hall–Kier alpha value is -0.910. The number of aliphatic imine (C=N–C) groups is 1. The summed E-state index contributed by atoms with van der Waals surface area (Å²) in [5, 5.41) is 7.59. The molecule has 0 saturated carbocycles. The zero-order valence-electron chi connectivity index (χ0n) is 14.8. The van der Waals surface area contributed by atoms with Gasteiger partial charge in [0.05, 0.1) is 12.6 Å². The van der Waals surface area contributed by atoms with Crippen LogP contribution in [0.15, 0.2) is 29.3 Å². The Morgan fingerprint density at radius 1 is 1.38 bits per heavy atom. The number of nitrogens with one attached hydrogen (secondary N) is 2. The first-order chi connectivity index (χ1) is 11.6. The van der Waals surface area contributed by atoms with Crippen LogP contribution in [0.25, 0.3) is 0 Å². The lowest BCUT2D eigenvalue weighted by atomic mass is 9.99. The molecule has 1 heterocycles. The molecule has 134 valence electrons. The lowest BCUT2D eigenvalue weighted by Crippen LogP contribution is -2.41. The lowest BCUT2D eigenvalue weighted by molar-refractivity contribution is 0.0794. The van der Waals surface area contributed by atoms with Crippen molar-refractivity contribution in [3.8, 4) is 0 Å². The van der Waals surface area contributed by atoms with Gasteiger partial charge < -0.3 is 15.4 Å². The highest BCUT2D eigenvalue weighted by atomic mass is 35.5. The van der Waals surface area contributed by atoms with Gasteiger partial charge in [-0.2, -0.15) is 11.8 Å². The average Bonchev–Trinajstić information content (AvgIpc) is 2.61. The smallest absolute Gasteiger partial charge is 0.191 e. The largest absolute Gasteiger partial charge is 0.381 e. The highest BCUT2D eigenvalue weighted by molar-refractivity contribution is 8.00. The number of benzene rings is 1. The van der Waals surface area contributed by atoms with E-state index in [-0.39, 0.29) is 10.8 Å². The molecule has 0 aliphatic carbocycles. The molecule has 1 saturated heterocycles. The molecule has 6 heteroatoms. The second-order valence-electron chi connectivity index (χ2n) is 6.08. The Kier molecular flexibility index (Phi) is 7.72. The van der Waals surface area contributed by atoms with Crippen LogP contribution >= 0.6 is 23.4 Å². The molecule has 2 N–H and O–H groups in total. The van der Waals surface area contributed by atoms with Crippen molar-refractivity contribution < 1.29 is 4.74 Å². The first kappa shape index (κ1) is 19.4. The van der Waals surface area contributed by atoms with E-state index >= 15 is 0 Å². The van der Waals surface area contributed by atoms with Crippen molar-refractivity contribution >= 4 is 29.3 Å². The Bertz CT molecular complexity index is 547. The first-order valence-corrected chi connectivity index (χ1v) is 10.1. The standard InChI is InChI=1S/C18H28ClN3OS/c1-4-20-17(21-13-18(24-3)9-11-23-12-10-18)22-14(2)15-7-5-6-8-16(15)19/h5-8,14H,4,9-13H2,1-3H3,(H2,20,21,22). The van der Waals surface area contributed by atoms with Crippen LogP contribution in [0, 0.1) is 0 Å². The number of guanidine groups is 1. The van der Waals surface area contributed by atoms with Gasteiger partial charge in [-0.1, -0.05) is 29.8 Å². The molecule has 2 rings (SSSR count). The van der Waals surface area contributed by atoms with Crippen molar-refractivity contribution in [3.05, 3.63) is 34.9 Å². The molecule has 1 aromatic rings. The van der Waals surface area contributed by atoms with Crippen LogP contribution in [0.4, 0.5) is 0 Å². The monoisotopic (exact) mass is 369 g/mol. The summed E-state index contributed by atoms with van der Waals surface area (Å²) in [5.41, 5.74) is 1.08. The van der Waals surface area contributed by atoms with Gasteiger partial charge in [0.15, 0.2) is 5.96 Å². The predicted molar refractivity (Wildman–Crippen MR) is 105 cm³/mol. The van der Waals surface area contributed by atoms with E-state index in [1.807, 2.05) is 36.0 Å². The third-order valence-electron chi connectivity index (χ3n) is 4.43.